The first-order valence-electron chi connectivity index (χ1n) is 9.46. The van der Waals surface area contributed by atoms with Crippen LogP contribution in [0.25, 0.3) is 5.69 Å². The van der Waals surface area contributed by atoms with Crippen LogP contribution in [0.1, 0.15) is 25.3 Å². The number of amides is 3. The van der Waals surface area contributed by atoms with Crippen LogP contribution in [0.5, 0.6) is 0 Å². The fourth-order valence-electron chi connectivity index (χ4n) is 4.30. The predicted octanol–water partition coefficient (Wildman–Crippen LogP) is 2.12. The van der Waals surface area contributed by atoms with Crippen LogP contribution in [0, 0.1) is 0 Å². The largest absolute Gasteiger partial charge is 0.327 e. The van der Waals surface area contributed by atoms with Crippen LogP contribution in [-0.4, -0.2) is 68.6 Å². The molecule has 2 saturated heterocycles. The average Bonchev–Trinajstić information content (AvgIpc) is 3.23. The monoisotopic (exact) mass is 367 g/mol. The van der Waals surface area contributed by atoms with Crippen molar-refractivity contribution in [3.8, 4) is 5.69 Å². The lowest BCUT2D eigenvalue weighted by Gasteiger charge is -2.41. The Kier molecular flexibility index (Phi) is 4.47. The lowest BCUT2D eigenvalue weighted by Crippen LogP contribution is -2.56. The van der Waals surface area contributed by atoms with Crippen LogP contribution in [0.3, 0.4) is 0 Å². The van der Waals surface area contributed by atoms with Gasteiger partial charge in [0.15, 0.2) is 0 Å². The molecule has 2 fully saturated rings. The zero-order valence-electron chi connectivity index (χ0n) is 15.8. The van der Waals surface area contributed by atoms with Crippen LogP contribution in [-0.2, 0) is 11.3 Å². The van der Waals surface area contributed by atoms with Gasteiger partial charge in [-0.15, -0.1) is 0 Å². The number of hydrogen-bond donors (Lipinski definition) is 0. The topological polar surface area (TPSA) is 61.7 Å². The van der Waals surface area contributed by atoms with Gasteiger partial charge < -0.3 is 4.90 Å². The summed E-state index contributed by atoms with van der Waals surface area (Å²) in [6.45, 7) is 4.89. The Morgan fingerprint density at radius 1 is 1.11 bits per heavy atom. The minimum Gasteiger partial charge on any atom is -0.310 e. The Hall–Kier alpha value is -2.67. The molecule has 0 saturated carbocycles. The van der Waals surface area contributed by atoms with Gasteiger partial charge >= 0.3 is 6.03 Å². The third-order valence-corrected chi connectivity index (χ3v) is 5.80. The average molecular weight is 367 g/mol. The van der Waals surface area contributed by atoms with E-state index in [4.69, 9.17) is 0 Å². The maximum Gasteiger partial charge on any atom is 0.327 e. The van der Waals surface area contributed by atoms with Gasteiger partial charge in [-0.3, -0.25) is 14.6 Å². The van der Waals surface area contributed by atoms with Crippen molar-refractivity contribution in [3.05, 3.63) is 48.3 Å². The number of imide groups is 1. The number of benzene rings is 1. The number of likely N-dealkylation sites (N-methyl/N-ethyl adjacent to an activating group) is 2. The van der Waals surface area contributed by atoms with Crippen molar-refractivity contribution in [2.45, 2.75) is 31.8 Å². The molecular formula is C20H25N5O2. The highest BCUT2D eigenvalue weighted by Crippen LogP contribution is 2.36. The van der Waals surface area contributed by atoms with Crippen molar-refractivity contribution in [1.29, 1.82) is 0 Å². The molecule has 0 atom stereocenters. The van der Waals surface area contributed by atoms with Crippen molar-refractivity contribution in [2.75, 3.05) is 26.7 Å². The molecule has 7 nitrogen and oxygen atoms in total. The van der Waals surface area contributed by atoms with Crippen molar-refractivity contribution < 1.29 is 9.59 Å². The molecule has 0 radical (unpaired) electrons. The Morgan fingerprint density at radius 3 is 2.48 bits per heavy atom. The zero-order chi connectivity index (χ0) is 19.0. The highest BCUT2D eigenvalue weighted by molar-refractivity contribution is 6.06. The standard InChI is InChI=1S/C20H25N5O2/c1-3-24-19(27)22(2)18(26)20(24)9-11-23(12-10-20)14-16-13-21-25(15-16)17-7-5-4-6-8-17/h4-8,13,15H,3,9-12,14H2,1-2H3. The van der Waals surface area contributed by atoms with Gasteiger partial charge in [0.05, 0.1) is 11.9 Å². The van der Waals surface area contributed by atoms with E-state index in [1.54, 1.807) is 11.9 Å². The van der Waals surface area contributed by atoms with Gasteiger partial charge in [0.1, 0.15) is 5.54 Å². The van der Waals surface area contributed by atoms with Gasteiger partial charge in [0, 0.05) is 45.0 Å². The van der Waals surface area contributed by atoms with Gasteiger partial charge in [0.2, 0.25) is 0 Å². The second-order valence-corrected chi connectivity index (χ2v) is 7.33. The molecule has 7 heteroatoms. The zero-order valence-corrected chi connectivity index (χ0v) is 15.8. The van der Waals surface area contributed by atoms with Crippen molar-refractivity contribution >= 4 is 11.9 Å². The number of urea groups is 1. The van der Waals surface area contributed by atoms with E-state index < -0.39 is 5.54 Å². The molecule has 1 spiro atoms. The summed E-state index contributed by atoms with van der Waals surface area (Å²) in [6.07, 6.45) is 5.31. The fourth-order valence-corrected chi connectivity index (χ4v) is 4.30. The molecule has 3 heterocycles. The molecule has 0 bridgehead atoms. The molecular weight excluding hydrogens is 342 g/mol. The molecule has 1 aromatic heterocycles. The van der Waals surface area contributed by atoms with Crippen LogP contribution in [0.2, 0.25) is 0 Å². The molecule has 27 heavy (non-hydrogen) atoms. The number of piperidine rings is 1. The predicted molar refractivity (Wildman–Crippen MR) is 101 cm³/mol. The summed E-state index contributed by atoms with van der Waals surface area (Å²) in [5.41, 5.74) is 1.54. The molecule has 2 aromatic rings. The molecule has 0 N–H and O–H groups in total. The summed E-state index contributed by atoms with van der Waals surface area (Å²) < 4.78 is 1.88. The van der Waals surface area contributed by atoms with Gasteiger partial charge in [-0.1, -0.05) is 18.2 Å². The van der Waals surface area contributed by atoms with Gasteiger partial charge in [-0.25, -0.2) is 9.48 Å². The lowest BCUT2D eigenvalue weighted by atomic mass is 9.86. The van der Waals surface area contributed by atoms with Gasteiger partial charge in [-0.05, 0) is 31.9 Å². The third kappa shape index (κ3) is 2.92. The van der Waals surface area contributed by atoms with Crippen molar-refractivity contribution in [3.63, 3.8) is 0 Å². The Bertz CT molecular complexity index is 839. The van der Waals surface area contributed by atoms with E-state index in [-0.39, 0.29) is 11.9 Å². The first-order chi connectivity index (χ1) is 13.0. The number of para-hydroxylation sites is 1. The maximum atomic E-state index is 12.7. The quantitative estimate of drug-likeness (QED) is 0.777. The summed E-state index contributed by atoms with van der Waals surface area (Å²) in [7, 11) is 1.59. The molecule has 1 aromatic carbocycles. The summed E-state index contributed by atoms with van der Waals surface area (Å²) in [5.74, 6) is -0.0501. The minimum atomic E-state index is -0.648. The number of aromatic nitrogens is 2. The molecule has 2 aliphatic heterocycles. The van der Waals surface area contributed by atoms with E-state index in [1.165, 1.54) is 4.90 Å². The van der Waals surface area contributed by atoms with Crippen LogP contribution < -0.4 is 0 Å². The molecule has 3 amide bonds. The minimum absolute atomic E-state index is 0.0501. The van der Waals surface area contributed by atoms with Crippen LogP contribution in [0.15, 0.2) is 42.7 Å². The van der Waals surface area contributed by atoms with Crippen molar-refractivity contribution in [2.24, 2.45) is 0 Å². The number of rotatable bonds is 4. The van der Waals surface area contributed by atoms with E-state index in [0.29, 0.717) is 19.4 Å². The SMILES string of the molecule is CCN1C(=O)N(C)C(=O)C12CCN(Cc1cnn(-c3ccccc3)c1)CC2. The van der Waals surface area contributed by atoms with E-state index in [0.717, 1.165) is 30.9 Å². The highest BCUT2D eigenvalue weighted by Gasteiger charge is 2.56. The first-order valence-corrected chi connectivity index (χ1v) is 9.46. The van der Waals surface area contributed by atoms with Gasteiger partial charge in [0.25, 0.3) is 5.91 Å². The second kappa shape index (κ2) is 6.81. The Balaban J connectivity index is 1.42. The van der Waals surface area contributed by atoms with Crippen LogP contribution in [0.4, 0.5) is 4.79 Å². The van der Waals surface area contributed by atoms with Crippen molar-refractivity contribution in [1.82, 2.24) is 24.5 Å². The summed E-state index contributed by atoms with van der Waals surface area (Å²) in [4.78, 5) is 30.4. The first kappa shape index (κ1) is 17.7. The lowest BCUT2D eigenvalue weighted by molar-refractivity contribution is -0.134. The third-order valence-electron chi connectivity index (χ3n) is 5.80. The molecule has 142 valence electrons. The summed E-state index contributed by atoms with van der Waals surface area (Å²) in [6, 6.07) is 9.87. The second-order valence-electron chi connectivity index (χ2n) is 7.33. The molecule has 0 unspecified atom stereocenters. The molecule has 4 rings (SSSR count). The Morgan fingerprint density at radius 2 is 1.81 bits per heavy atom. The number of nitrogens with zero attached hydrogens (tertiary/aromatic N) is 5. The van der Waals surface area contributed by atoms with E-state index in [9.17, 15) is 9.59 Å². The highest BCUT2D eigenvalue weighted by atomic mass is 16.2. The van der Waals surface area contributed by atoms with Crippen LogP contribution >= 0.6 is 0 Å². The van der Waals surface area contributed by atoms with E-state index in [1.807, 2.05) is 48.1 Å². The number of likely N-dealkylation sites (tertiary alicyclic amines) is 1. The van der Waals surface area contributed by atoms with Gasteiger partial charge in [-0.2, -0.15) is 5.10 Å². The normalized spacial score (nSPS) is 20.1. The Labute approximate surface area is 159 Å². The number of carbonyl (C=O) groups excluding carboxylic acids is 2. The van der Waals surface area contributed by atoms with E-state index >= 15 is 0 Å². The molecule has 2 aliphatic rings. The summed E-state index contributed by atoms with van der Waals surface area (Å²) in [5, 5.41) is 4.46. The smallest absolute Gasteiger partial charge is 0.310 e. The summed E-state index contributed by atoms with van der Waals surface area (Å²) >= 11 is 0. The maximum absolute atomic E-state index is 12.7. The number of hydrogen-bond acceptors (Lipinski definition) is 4. The fraction of sp³-hybridized carbons (Fsp3) is 0.450. The number of carbonyl (C=O) groups is 2. The van der Waals surface area contributed by atoms with E-state index in [2.05, 4.69) is 16.2 Å². The molecule has 0 aliphatic carbocycles.